The molecule has 1 unspecified atom stereocenters. The van der Waals surface area contributed by atoms with Crippen molar-refractivity contribution in [3.05, 3.63) is 76.1 Å². The third kappa shape index (κ3) is 3.01. The number of nitrogens with one attached hydrogen (secondary N) is 1. The van der Waals surface area contributed by atoms with Crippen LogP contribution in [0.25, 0.3) is 10.9 Å². The van der Waals surface area contributed by atoms with Crippen LogP contribution in [0.4, 0.5) is 0 Å². The number of carbonyl (C=O) groups is 1. The molecule has 0 aliphatic rings. The maximum Gasteiger partial charge on any atom is 0.293 e. The van der Waals surface area contributed by atoms with Crippen LogP contribution in [0.5, 0.6) is 5.75 Å². The zero-order valence-corrected chi connectivity index (χ0v) is 14.2. The molecule has 1 atom stereocenters. The summed E-state index contributed by atoms with van der Waals surface area (Å²) in [5, 5.41) is 13.8. The third-order valence-corrected chi connectivity index (χ3v) is 4.42. The van der Waals surface area contributed by atoms with Crippen LogP contribution in [0.3, 0.4) is 0 Å². The van der Waals surface area contributed by atoms with Crippen molar-refractivity contribution in [2.75, 3.05) is 0 Å². The van der Waals surface area contributed by atoms with Gasteiger partial charge in [0.15, 0.2) is 5.75 Å². The van der Waals surface area contributed by atoms with Crippen LogP contribution in [0.2, 0.25) is 0 Å². The molecule has 0 radical (unpaired) electrons. The Balaban J connectivity index is 2.07. The largest absolute Gasteiger partial charge is 0.502 e. The fraction of sp³-hybridized carbons (Fsp3) is 0.200. The molecule has 5 nitrogen and oxygen atoms in total. The number of aromatic nitrogens is 1. The standard InChI is InChI=1S/C20H20N2O3/c1-3-15(13-9-5-4-6-10-13)21-19(24)17-14-11-7-8-12-16(14)22(2)20(25)18(17)23/h4-12,15,23H,3H2,1-2H3,(H,21,24). The second kappa shape index (κ2) is 6.81. The Hall–Kier alpha value is -3.08. The summed E-state index contributed by atoms with van der Waals surface area (Å²) in [7, 11) is 1.57. The minimum absolute atomic E-state index is 0.0214. The highest BCUT2D eigenvalue weighted by Gasteiger charge is 2.22. The monoisotopic (exact) mass is 336 g/mol. The molecule has 1 heterocycles. The minimum atomic E-state index is -0.586. The van der Waals surface area contributed by atoms with Crippen LogP contribution < -0.4 is 10.9 Å². The van der Waals surface area contributed by atoms with Gasteiger partial charge in [0.1, 0.15) is 0 Å². The first-order valence-electron chi connectivity index (χ1n) is 8.21. The number of fused-ring (bicyclic) bond motifs is 1. The lowest BCUT2D eigenvalue weighted by Gasteiger charge is -2.19. The Labute approximate surface area is 145 Å². The molecule has 128 valence electrons. The summed E-state index contributed by atoms with van der Waals surface area (Å²) >= 11 is 0. The van der Waals surface area contributed by atoms with E-state index in [1.165, 1.54) is 4.57 Å². The zero-order valence-electron chi connectivity index (χ0n) is 14.2. The van der Waals surface area contributed by atoms with Gasteiger partial charge in [-0.3, -0.25) is 9.59 Å². The number of benzene rings is 2. The molecule has 0 saturated carbocycles. The predicted molar refractivity (Wildman–Crippen MR) is 97.8 cm³/mol. The van der Waals surface area contributed by atoms with Crippen molar-refractivity contribution < 1.29 is 9.90 Å². The molecular weight excluding hydrogens is 316 g/mol. The van der Waals surface area contributed by atoms with Gasteiger partial charge in [0, 0.05) is 12.4 Å². The average molecular weight is 336 g/mol. The first-order chi connectivity index (χ1) is 12.0. The number of pyridine rings is 1. The third-order valence-electron chi connectivity index (χ3n) is 4.42. The van der Waals surface area contributed by atoms with Crippen LogP contribution in [0, 0.1) is 0 Å². The second-order valence-corrected chi connectivity index (χ2v) is 5.95. The molecule has 3 rings (SSSR count). The summed E-state index contributed by atoms with van der Waals surface area (Å²) in [6.07, 6.45) is 0.694. The smallest absolute Gasteiger partial charge is 0.293 e. The highest BCUT2D eigenvalue weighted by molar-refractivity contribution is 6.08. The molecule has 0 aliphatic carbocycles. The van der Waals surface area contributed by atoms with E-state index in [4.69, 9.17) is 0 Å². The zero-order chi connectivity index (χ0) is 18.0. The van der Waals surface area contributed by atoms with Gasteiger partial charge < -0.3 is 15.0 Å². The molecule has 3 aromatic rings. The molecule has 0 saturated heterocycles. The number of aryl methyl sites for hydroxylation is 1. The molecule has 0 spiro atoms. The average Bonchev–Trinajstić information content (AvgIpc) is 2.65. The Kier molecular flexibility index (Phi) is 4.57. The van der Waals surface area contributed by atoms with Crippen molar-refractivity contribution in [1.29, 1.82) is 0 Å². The van der Waals surface area contributed by atoms with E-state index >= 15 is 0 Å². The molecular formula is C20H20N2O3. The highest BCUT2D eigenvalue weighted by atomic mass is 16.3. The summed E-state index contributed by atoms with van der Waals surface area (Å²) in [6.45, 7) is 1.97. The van der Waals surface area contributed by atoms with Gasteiger partial charge in [-0.2, -0.15) is 0 Å². The van der Waals surface area contributed by atoms with Crippen LogP contribution in [0.15, 0.2) is 59.4 Å². The maximum atomic E-state index is 12.9. The normalized spacial score (nSPS) is 12.1. The van der Waals surface area contributed by atoms with E-state index in [9.17, 15) is 14.7 Å². The number of nitrogens with zero attached hydrogens (tertiary/aromatic N) is 1. The summed E-state index contributed by atoms with van der Waals surface area (Å²) < 4.78 is 1.34. The number of hydrogen-bond acceptors (Lipinski definition) is 3. The van der Waals surface area contributed by atoms with Crippen molar-refractivity contribution in [1.82, 2.24) is 9.88 Å². The molecule has 0 fully saturated rings. The predicted octanol–water partition coefficient (Wildman–Crippen LogP) is 3.13. The van der Waals surface area contributed by atoms with Gasteiger partial charge in [-0.15, -0.1) is 0 Å². The number of para-hydroxylation sites is 1. The Morgan fingerprint density at radius 2 is 1.76 bits per heavy atom. The van der Waals surface area contributed by atoms with Crippen molar-refractivity contribution in [2.45, 2.75) is 19.4 Å². The van der Waals surface area contributed by atoms with Gasteiger partial charge in [-0.1, -0.05) is 55.5 Å². The number of carbonyl (C=O) groups excluding carboxylic acids is 1. The van der Waals surface area contributed by atoms with E-state index in [0.717, 1.165) is 5.56 Å². The van der Waals surface area contributed by atoms with E-state index in [-0.39, 0.29) is 11.6 Å². The lowest BCUT2D eigenvalue weighted by Crippen LogP contribution is -2.30. The van der Waals surface area contributed by atoms with E-state index in [0.29, 0.717) is 17.3 Å². The van der Waals surface area contributed by atoms with Gasteiger partial charge in [-0.25, -0.2) is 0 Å². The second-order valence-electron chi connectivity index (χ2n) is 5.95. The Morgan fingerprint density at radius 1 is 1.12 bits per heavy atom. The van der Waals surface area contributed by atoms with Gasteiger partial charge in [0.05, 0.1) is 17.1 Å². The number of aromatic hydroxyl groups is 1. The quantitative estimate of drug-likeness (QED) is 0.769. The topological polar surface area (TPSA) is 71.3 Å². The van der Waals surface area contributed by atoms with Crippen LogP contribution >= 0.6 is 0 Å². The van der Waals surface area contributed by atoms with Crippen LogP contribution in [-0.2, 0) is 7.05 Å². The first-order valence-corrected chi connectivity index (χ1v) is 8.21. The summed E-state index contributed by atoms with van der Waals surface area (Å²) in [6, 6.07) is 16.5. The van der Waals surface area contributed by atoms with E-state index in [2.05, 4.69) is 5.32 Å². The van der Waals surface area contributed by atoms with E-state index in [1.54, 1.807) is 31.3 Å². The summed E-state index contributed by atoms with van der Waals surface area (Å²) in [5.74, 6) is -0.983. The Bertz CT molecular complexity index is 977. The van der Waals surface area contributed by atoms with Crippen LogP contribution in [-0.4, -0.2) is 15.6 Å². The highest BCUT2D eigenvalue weighted by Crippen LogP contribution is 2.25. The molecule has 0 aliphatic heterocycles. The number of hydrogen-bond donors (Lipinski definition) is 2. The SMILES string of the molecule is CCC(NC(=O)c1c(O)c(=O)n(C)c2ccccc12)c1ccccc1. The van der Waals surface area contributed by atoms with E-state index in [1.807, 2.05) is 37.3 Å². The number of rotatable bonds is 4. The van der Waals surface area contributed by atoms with Crippen LogP contribution in [0.1, 0.15) is 35.3 Å². The molecule has 5 heteroatoms. The van der Waals surface area contributed by atoms with Crippen molar-refractivity contribution in [2.24, 2.45) is 7.05 Å². The Morgan fingerprint density at radius 3 is 2.44 bits per heavy atom. The van der Waals surface area contributed by atoms with Crippen molar-refractivity contribution >= 4 is 16.8 Å². The van der Waals surface area contributed by atoms with Crippen molar-refractivity contribution in [3.8, 4) is 5.75 Å². The van der Waals surface area contributed by atoms with Gasteiger partial charge in [0.2, 0.25) is 0 Å². The molecule has 1 amide bonds. The lowest BCUT2D eigenvalue weighted by molar-refractivity contribution is 0.0934. The maximum absolute atomic E-state index is 12.9. The van der Waals surface area contributed by atoms with Gasteiger partial charge >= 0.3 is 0 Å². The molecule has 25 heavy (non-hydrogen) atoms. The molecule has 2 N–H and O–H groups in total. The fourth-order valence-corrected chi connectivity index (χ4v) is 3.05. The van der Waals surface area contributed by atoms with Crippen molar-refractivity contribution in [3.63, 3.8) is 0 Å². The lowest BCUT2D eigenvalue weighted by atomic mass is 10.0. The fourth-order valence-electron chi connectivity index (χ4n) is 3.05. The van der Waals surface area contributed by atoms with Gasteiger partial charge in [0.25, 0.3) is 11.5 Å². The molecule has 2 aromatic carbocycles. The van der Waals surface area contributed by atoms with E-state index < -0.39 is 17.2 Å². The minimum Gasteiger partial charge on any atom is -0.502 e. The summed E-state index contributed by atoms with van der Waals surface area (Å²) in [4.78, 5) is 25.1. The number of amides is 1. The first kappa shape index (κ1) is 16.8. The molecule has 0 bridgehead atoms. The van der Waals surface area contributed by atoms with Gasteiger partial charge in [-0.05, 0) is 18.1 Å². The molecule has 1 aromatic heterocycles. The summed E-state index contributed by atoms with van der Waals surface area (Å²) in [5.41, 5.74) is 1.01.